The maximum absolute atomic E-state index is 13.5. The summed E-state index contributed by atoms with van der Waals surface area (Å²) in [5.41, 5.74) is 9.51. The molecule has 1 saturated carbocycles. The van der Waals surface area contributed by atoms with E-state index in [0.717, 1.165) is 47.8 Å². The van der Waals surface area contributed by atoms with Gasteiger partial charge in [-0.1, -0.05) is 18.2 Å². The van der Waals surface area contributed by atoms with Gasteiger partial charge in [0.1, 0.15) is 29.2 Å². The number of nitrogens with one attached hydrogen (secondary N) is 1. The van der Waals surface area contributed by atoms with Crippen molar-refractivity contribution < 1.29 is 14.6 Å². The lowest BCUT2D eigenvalue weighted by Crippen LogP contribution is -2.26. The maximum Gasteiger partial charge on any atom is 0.284 e. The summed E-state index contributed by atoms with van der Waals surface area (Å²) in [4.78, 5) is 40.2. The molecule has 12 nitrogen and oxygen atoms in total. The molecule has 12 heteroatoms. The van der Waals surface area contributed by atoms with E-state index in [9.17, 15) is 14.7 Å². The third-order valence-corrected chi connectivity index (χ3v) is 8.18. The molecule has 4 aromatic heterocycles. The number of aromatic nitrogens is 6. The average Bonchev–Trinajstić information content (AvgIpc) is 3.54. The van der Waals surface area contributed by atoms with Gasteiger partial charge in [-0.05, 0) is 49.9 Å². The fourth-order valence-electron chi connectivity index (χ4n) is 6.09. The molecule has 1 aliphatic carbocycles. The first kappa shape index (κ1) is 26.1. The molecule has 0 atom stereocenters. The number of benzene rings is 1. The first-order chi connectivity index (χ1) is 20.5. The molecule has 7 rings (SSSR count). The highest BCUT2D eigenvalue weighted by Gasteiger charge is 2.29. The number of ether oxygens (including phenoxy) is 1. The monoisotopic (exact) mass is 566 g/mol. The fraction of sp³-hybridized carbons (Fsp3) is 0.300. The van der Waals surface area contributed by atoms with Crippen LogP contribution in [-0.2, 0) is 17.9 Å². The number of fused-ring (bicyclic) bond motifs is 2. The van der Waals surface area contributed by atoms with Gasteiger partial charge in [-0.2, -0.15) is 0 Å². The van der Waals surface area contributed by atoms with Crippen molar-refractivity contribution in [3.05, 3.63) is 82.8 Å². The third-order valence-electron chi connectivity index (χ3n) is 8.18. The van der Waals surface area contributed by atoms with Crippen molar-refractivity contribution in [2.24, 2.45) is 0 Å². The van der Waals surface area contributed by atoms with Gasteiger partial charge < -0.3 is 25.5 Å². The molecule has 0 bridgehead atoms. The van der Waals surface area contributed by atoms with Crippen LogP contribution in [-0.4, -0.2) is 52.6 Å². The van der Waals surface area contributed by atoms with Crippen LogP contribution < -0.4 is 16.6 Å². The summed E-state index contributed by atoms with van der Waals surface area (Å²) in [7, 11) is 0. The quantitative estimate of drug-likeness (QED) is 0.293. The van der Waals surface area contributed by atoms with Gasteiger partial charge in [0.15, 0.2) is 0 Å². The molecule has 5 aromatic rings. The summed E-state index contributed by atoms with van der Waals surface area (Å²) < 4.78 is 11.1. The van der Waals surface area contributed by atoms with Gasteiger partial charge in [0.05, 0.1) is 42.6 Å². The minimum Gasteiger partial charge on any atom is -0.393 e. The van der Waals surface area contributed by atoms with E-state index in [2.05, 4.69) is 24.8 Å². The summed E-state index contributed by atoms with van der Waals surface area (Å²) in [5.74, 6) is 0.135. The zero-order valence-electron chi connectivity index (χ0n) is 22.8. The summed E-state index contributed by atoms with van der Waals surface area (Å²) in [5, 5.41) is 13.5. The number of amides is 1. The van der Waals surface area contributed by atoms with Crippen molar-refractivity contribution in [3.8, 4) is 16.8 Å². The van der Waals surface area contributed by atoms with E-state index in [1.165, 1.54) is 11.0 Å². The number of aliphatic hydroxyl groups is 1. The highest BCUT2D eigenvalue weighted by molar-refractivity contribution is 6.05. The van der Waals surface area contributed by atoms with E-state index in [-0.39, 0.29) is 24.3 Å². The number of hydrogen-bond acceptors (Lipinski definition) is 8. The Kier molecular flexibility index (Phi) is 6.56. The first-order valence-electron chi connectivity index (χ1n) is 14.0. The van der Waals surface area contributed by atoms with Crippen LogP contribution in [0.25, 0.3) is 27.8 Å². The molecule has 2 aliphatic rings. The Morgan fingerprint density at radius 3 is 2.62 bits per heavy atom. The summed E-state index contributed by atoms with van der Waals surface area (Å²) in [6.07, 6.45) is 8.05. The number of nitrogens with two attached hydrogens (primary N) is 1. The van der Waals surface area contributed by atoms with Crippen molar-refractivity contribution in [2.75, 3.05) is 17.7 Å². The number of hydrogen-bond donors (Lipinski definition) is 3. The number of para-hydroxylation sites is 1. The molecule has 0 saturated heterocycles. The van der Waals surface area contributed by atoms with Crippen LogP contribution in [0.5, 0.6) is 0 Å². The largest absolute Gasteiger partial charge is 0.393 e. The highest BCUT2D eigenvalue weighted by Crippen LogP contribution is 2.38. The summed E-state index contributed by atoms with van der Waals surface area (Å²) in [6.45, 7) is 1.08. The number of rotatable bonds is 5. The molecule has 5 heterocycles. The smallest absolute Gasteiger partial charge is 0.284 e. The van der Waals surface area contributed by atoms with Crippen LogP contribution in [0.1, 0.15) is 47.8 Å². The van der Waals surface area contributed by atoms with Crippen LogP contribution in [0.3, 0.4) is 0 Å². The Hall–Kier alpha value is -4.81. The van der Waals surface area contributed by atoms with Gasteiger partial charge in [-0.15, -0.1) is 0 Å². The van der Waals surface area contributed by atoms with Crippen molar-refractivity contribution >= 4 is 28.6 Å². The SMILES string of the molecule is Nc1ncnc2c1c(-c1ccc(NC(=O)c3c4n(n(-c5ccccc5)c3=O)CCOC4)nc1)cn2C1CCC(O)CC1. The zero-order chi connectivity index (χ0) is 28.8. The van der Waals surface area contributed by atoms with E-state index >= 15 is 0 Å². The molecule has 0 radical (unpaired) electrons. The zero-order valence-corrected chi connectivity index (χ0v) is 22.8. The highest BCUT2D eigenvalue weighted by atomic mass is 16.5. The van der Waals surface area contributed by atoms with Crippen LogP contribution in [0, 0.1) is 0 Å². The summed E-state index contributed by atoms with van der Waals surface area (Å²) >= 11 is 0. The van der Waals surface area contributed by atoms with Crippen LogP contribution in [0.2, 0.25) is 0 Å². The van der Waals surface area contributed by atoms with Crippen molar-refractivity contribution in [1.82, 2.24) is 28.9 Å². The molecule has 214 valence electrons. The molecule has 1 aromatic carbocycles. The normalized spacial score (nSPS) is 18.6. The number of nitrogen functional groups attached to an aromatic ring is 1. The molecule has 4 N–H and O–H groups in total. The Labute approximate surface area is 240 Å². The lowest BCUT2D eigenvalue weighted by atomic mass is 9.93. The van der Waals surface area contributed by atoms with Gasteiger partial charge in [0.25, 0.3) is 11.5 Å². The molecule has 1 aliphatic heterocycles. The van der Waals surface area contributed by atoms with Crippen LogP contribution in [0.4, 0.5) is 11.6 Å². The van der Waals surface area contributed by atoms with Crippen molar-refractivity contribution in [3.63, 3.8) is 0 Å². The van der Waals surface area contributed by atoms with E-state index < -0.39 is 11.5 Å². The van der Waals surface area contributed by atoms with Crippen molar-refractivity contribution in [1.29, 1.82) is 0 Å². The first-order valence-corrected chi connectivity index (χ1v) is 14.0. The molecule has 1 amide bonds. The number of aliphatic hydroxyl groups excluding tert-OH is 1. The van der Waals surface area contributed by atoms with E-state index in [4.69, 9.17) is 10.5 Å². The summed E-state index contributed by atoms with van der Waals surface area (Å²) in [6, 6.07) is 13.0. The number of anilines is 2. The Balaban J connectivity index is 1.19. The van der Waals surface area contributed by atoms with E-state index in [1.807, 2.05) is 47.3 Å². The van der Waals surface area contributed by atoms with Gasteiger partial charge in [-0.3, -0.25) is 14.3 Å². The molecule has 0 unspecified atom stereocenters. The minimum atomic E-state index is -0.544. The van der Waals surface area contributed by atoms with E-state index in [1.54, 1.807) is 12.3 Å². The van der Waals surface area contributed by atoms with Gasteiger partial charge in [-0.25, -0.2) is 19.6 Å². The second kappa shape index (κ2) is 10.5. The fourth-order valence-corrected chi connectivity index (χ4v) is 6.09. The van der Waals surface area contributed by atoms with Crippen LogP contribution in [0.15, 0.2) is 66.0 Å². The van der Waals surface area contributed by atoms with Gasteiger partial charge in [0, 0.05) is 29.6 Å². The molecule has 42 heavy (non-hydrogen) atoms. The van der Waals surface area contributed by atoms with E-state index in [0.29, 0.717) is 36.2 Å². The lowest BCUT2D eigenvalue weighted by molar-refractivity contribution is 0.0756. The van der Waals surface area contributed by atoms with Crippen molar-refractivity contribution in [2.45, 2.75) is 51.0 Å². The molecular weight excluding hydrogens is 536 g/mol. The lowest BCUT2D eigenvalue weighted by Gasteiger charge is -2.27. The average molecular weight is 567 g/mol. The predicted octanol–water partition coefficient (Wildman–Crippen LogP) is 3.29. The standard InChI is InChI=1S/C30H30N8O4/c31-27-25-22(15-36(28(25)34-17-33-27)19-7-9-21(39)10-8-19)18-6-11-24(32-14-18)35-29(40)26-23-16-42-13-12-37(23)38(30(26)41)20-4-2-1-3-5-20/h1-6,11,14-15,17,19,21,39H,7-10,12-13,16H2,(H2,31,33,34)(H,32,35,40). The molecular formula is C30H30N8O4. The second-order valence-corrected chi connectivity index (χ2v) is 10.7. The third kappa shape index (κ3) is 4.45. The topological polar surface area (TPSA) is 155 Å². The Morgan fingerprint density at radius 1 is 1.05 bits per heavy atom. The maximum atomic E-state index is 13.5. The molecule has 0 spiro atoms. The number of carbonyl (C=O) groups excluding carboxylic acids is 1. The second-order valence-electron chi connectivity index (χ2n) is 10.7. The number of pyridine rings is 1. The van der Waals surface area contributed by atoms with Crippen LogP contribution >= 0.6 is 0 Å². The van der Waals surface area contributed by atoms with Gasteiger partial charge in [0.2, 0.25) is 0 Å². The molecule has 1 fully saturated rings. The number of nitrogens with zero attached hydrogens (tertiary/aromatic N) is 6. The Bertz CT molecular complexity index is 1830. The predicted molar refractivity (Wildman–Crippen MR) is 156 cm³/mol. The number of carbonyl (C=O) groups is 1. The minimum absolute atomic E-state index is 0.0371. The van der Waals surface area contributed by atoms with Gasteiger partial charge >= 0.3 is 0 Å². The Morgan fingerprint density at radius 2 is 1.86 bits per heavy atom.